The number of hydrogen-bond acceptors (Lipinski definition) is 1. The van der Waals surface area contributed by atoms with Crippen molar-refractivity contribution in [1.29, 1.82) is 0 Å². The Hall–Kier alpha value is -0.730. The first-order valence-electron chi connectivity index (χ1n) is 6.02. The molecule has 1 atom stereocenters. The summed E-state index contributed by atoms with van der Waals surface area (Å²) >= 11 is 9.98. The fourth-order valence-corrected chi connectivity index (χ4v) is 2.96. The highest BCUT2D eigenvalue weighted by atomic mass is 79.9. The molecular weight excluding hydrogens is 312 g/mol. The molecule has 3 heteroatoms. The molecule has 96 valence electrons. The van der Waals surface area contributed by atoms with E-state index in [4.69, 9.17) is 16.0 Å². The van der Waals surface area contributed by atoms with Crippen molar-refractivity contribution >= 4 is 27.5 Å². The van der Waals surface area contributed by atoms with Crippen LogP contribution in [0.1, 0.15) is 40.0 Å². The number of benzene rings is 1. The Labute approximate surface area is 121 Å². The molecule has 0 amide bonds. The van der Waals surface area contributed by atoms with Gasteiger partial charge in [-0.3, -0.25) is 0 Å². The molecule has 0 aliphatic heterocycles. The lowest BCUT2D eigenvalue weighted by atomic mass is 10.0. The van der Waals surface area contributed by atoms with Gasteiger partial charge in [-0.1, -0.05) is 40.5 Å². The van der Waals surface area contributed by atoms with Gasteiger partial charge in [-0.15, -0.1) is 0 Å². The summed E-state index contributed by atoms with van der Waals surface area (Å²) < 4.78 is 5.77. The molecule has 1 aromatic carbocycles. The molecule has 1 aromatic heterocycles. The van der Waals surface area contributed by atoms with Gasteiger partial charge >= 0.3 is 0 Å². The Kier molecular flexibility index (Phi) is 4.18. The molecule has 2 aromatic rings. The Morgan fingerprint density at radius 3 is 2.50 bits per heavy atom. The first kappa shape index (κ1) is 13.7. The van der Waals surface area contributed by atoms with Crippen molar-refractivity contribution < 1.29 is 4.42 Å². The first-order chi connectivity index (χ1) is 8.52. The Morgan fingerprint density at radius 2 is 1.89 bits per heavy atom. The van der Waals surface area contributed by atoms with Gasteiger partial charge in [0.2, 0.25) is 0 Å². The molecule has 1 unspecified atom stereocenters. The molecule has 0 aliphatic carbocycles. The molecule has 18 heavy (non-hydrogen) atoms. The van der Waals surface area contributed by atoms with Crippen LogP contribution < -0.4 is 0 Å². The van der Waals surface area contributed by atoms with Gasteiger partial charge in [-0.05, 0) is 48.7 Å². The third kappa shape index (κ3) is 2.65. The zero-order valence-electron chi connectivity index (χ0n) is 10.8. The van der Waals surface area contributed by atoms with Crippen LogP contribution in [0.2, 0.25) is 5.02 Å². The van der Waals surface area contributed by atoms with E-state index in [1.54, 1.807) is 0 Å². The van der Waals surface area contributed by atoms with Gasteiger partial charge in [0.25, 0.3) is 0 Å². The topological polar surface area (TPSA) is 13.1 Å². The fraction of sp³-hybridized carbons (Fsp3) is 0.333. The largest absolute Gasteiger partial charge is 0.465 e. The molecule has 0 saturated carbocycles. The number of furan rings is 1. The summed E-state index contributed by atoms with van der Waals surface area (Å²) in [6.07, 6.45) is 0.903. The van der Waals surface area contributed by atoms with Crippen molar-refractivity contribution in [3.05, 3.63) is 57.5 Å². The number of halogens is 2. The molecule has 0 N–H and O–H groups in total. The van der Waals surface area contributed by atoms with Gasteiger partial charge in [0.1, 0.15) is 11.5 Å². The van der Waals surface area contributed by atoms with Gasteiger partial charge in [-0.2, -0.15) is 0 Å². The van der Waals surface area contributed by atoms with Crippen molar-refractivity contribution in [2.75, 3.05) is 0 Å². The van der Waals surface area contributed by atoms with Crippen LogP contribution in [0.25, 0.3) is 0 Å². The predicted molar refractivity (Wildman–Crippen MR) is 79.8 cm³/mol. The number of alkyl halides is 1. The summed E-state index contributed by atoms with van der Waals surface area (Å²) in [6, 6.07) is 8.14. The van der Waals surface area contributed by atoms with E-state index in [9.17, 15) is 0 Å². The van der Waals surface area contributed by atoms with Gasteiger partial charge in [0.15, 0.2) is 0 Å². The summed E-state index contributed by atoms with van der Waals surface area (Å²) in [6.45, 7) is 6.24. The lowest BCUT2D eigenvalue weighted by molar-refractivity contribution is 0.477. The minimum atomic E-state index is 0.00426. The second-order valence-electron chi connectivity index (χ2n) is 4.48. The zero-order valence-corrected chi connectivity index (χ0v) is 13.1. The van der Waals surface area contributed by atoms with Crippen LogP contribution in [0, 0.1) is 13.8 Å². The van der Waals surface area contributed by atoms with Crippen LogP contribution in [-0.4, -0.2) is 0 Å². The summed E-state index contributed by atoms with van der Waals surface area (Å²) in [5.74, 6) is 1.89. The standard InChI is InChI=1S/C15H16BrClO/c1-4-11-5-6-14(18-11)15(16)12-7-9(2)10(3)8-13(12)17/h5-8,15H,4H2,1-3H3. The highest BCUT2D eigenvalue weighted by molar-refractivity contribution is 9.09. The quantitative estimate of drug-likeness (QED) is 0.669. The zero-order chi connectivity index (χ0) is 13.3. The molecule has 0 bridgehead atoms. The highest BCUT2D eigenvalue weighted by Gasteiger charge is 2.18. The second kappa shape index (κ2) is 5.50. The Balaban J connectivity index is 2.39. The third-order valence-corrected chi connectivity index (χ3v) is 4.44. The number of hydrogen-bond donors (Lipinski definition) is 0. The molecule has 0 fully saturated rings. The maximum Gasteiger partial charge on any atom is 0.122 e. The molecular formula is C15H16BrClO. The Morgan fingerprint density at radius 1 is 1.22 bits per heavy atom. The van der Waals surface area contributed by atoms with Crippen LogP contribution in [0.4, 0.5) is 0 Å². The number of rotatable bonds is 3. The minimum Gasteiger partial charge on any atom is -0.465 e. The van der Waals surface area contributed by atoms with E-state index in [0.29, 0.717) is 0 Å². The van der Waals surface area contributed by atoms with Crippen LogP contribution >= 0.6 is 27.5 Å². The van der Waals surface area contributed by atoms with Crippen LogP contribution in [0.15, 0.2) is 28.7 Å². The van der Waals surface area contributed by atoms with E-state index in [0.717, 1.165) is 28.5 Å². The lowest BCUT2D eigenvalue weighted by Crippen LogP contribution is -1.95. The minimum absolute atomic E-state index is 0.00426. The van der Waals surface area contributed by atoms with E-state index in [1.165, 1.54) is 11.1 Å². The van der Waals surface area contributed by atoms with E-state index in [1.807, 2.05) is 18.2 Å². The maximum atomic E-state index is 6.32. The van der Waals surface area contributed by atoms with Gasteiger partial charge in [0, 0.05) is 11.4 Å². The van der Waals surface area contributed by atoms with E-state index in [-0.39, 0.29) is 4.83 Å². The number of aryl methyl sites for hydroxylation is 3. The van der Waals surface area contributed by atoms with Crippen molar-refractivity contribution in [3.8, 4) is 0 Å². The van der Waals surface area contributed by atoms with Crippen LogP contribution in [-0.2, 0) is 6.42 Å². The summed E-state index contributed by atoms with van der Waals surface area (Å²) in [5.41, 5.74) is 3.50. The average Bonchev–Trinajstić information content (AvgIpc) is 2.81. The van der Waals surface area contributed by atoms with E-state index in [2.05, 4.69) is 42.8 Å². The van der Waals surface area contributed by atoms with Crippen molar-refractivity contribution in [1.82, 2.24) is 0 Å². The summed E-state index contributed by atoms with van der Waals surface area (Å²) in [5, 5.41) is 0.773. The monoisotopic (exact) mass is 326 g/mol. The molecule has 1 nitrogen and oxygen atoms in total. The average molecular weight is 328 g/mol. The predicted octanol–water partition coefficient (Wildman–Crippen LogP) is 5.60. The lowest BCUT2D eigenvalue weighted by Gasteiger charge is -2.12. The highest BCUT2D eigenvalue weighted by Crippen LogP contribution is 2.37. The first-order valence-corrected chi connectivity index (χ1v) is 7.31. The van der Waals surface area contributed by atoms with E-state index < -0.39 is 0 Å². The van der Waals surface area contributed by atoms with Crippen molar-refractivity contribution in [3.63, 3.8) is 0 Å². The molecule has 0 saturated heterocycles. The maximum absolute atomic E-state index is 6.32. The fourth-order valence-electron chi connectivity index (χ4n) is 1.87. The summed E-state index contributed by atoms with van der Waals surface area (Å²) in [7, 11) is 0. The van der Waals surface area contributed by atoms with Gasteiger partial charge in [-0.25, -0.2) is 0 Å². The summed E-state index contributed by atoms with van der Waals surface area (Å²) in [4.78, 5) is 0.00426. The second-order valence-corrected chi connectivity index (χ2v) is 5.80. The molecule has 0 aliphatic rings. The smallest absolute Gasteiger partial charge is 0.122 e. The van der Waals surface area contributed by atoms with Crippen molar-refractivity contribution in [2.24, 2.45) is 0 Å². The van der Waals surface area contributed by atoms with Crippen LogP contribution in [0.5, 0.6) is 0 Å². The molecule has 0 radical (unpaired) electrons. The van der Waals surface area contributed by atoms with Crippen molar-refractivity contribution in [2.45, 2.75) is 32.0 Å². The molecule has 0 spiro atoms. The van der Waals surface area contributed by atoms with Gasteiger partial charge in [0.05, 0.1) is 4.83 Å². The molecule has 1 heterocycles. The Bertz CT molecular complexity index is 560. The SMILES string of the molecule is CCc1ccc(C(Br)c2cc(C)c(C)cc2Cl)o1. The normalized spacial score (nSPS) is 12.7. The van der Waals surface area contributed by atoms with Crippen LogP contribution in [0.3, 0.4) is 0 Å². The van der Waals surface area contributed by atoms with Gasteiger partial charge < -0.3 is 4.42 Å². The van der Waals surface area contributed by atoms with E-state index >= 15 is 0 Å². The third-order valence-electron chi connectivity index (χ3n) is 3.17. The molecule has 2 rings (SSSR count).